The van der Waals surface area contributed by atoms with Gasteiger partial charge in [-0.3, -0.25) is 9.59 Å². The largest absolute Gasteiger partial charge is 0.493 e. The Bertz CT molecular complexity index is 795. The second-order valence-electron chi connectivity index (χ2n) is 5.58. The van der Waals surface area contributed by atoms with Crippen LogP contribution in [-0.2, 0) is 16.1 Å². The first-order chi connectivity index (χ1) is 12.4. The first kappa shape index (κ1) is 19.6. The zero-order valence-corrected chi connectivity index (χ0v) is 15.7. The molecule has 2 aromatic carbocycles. The summed E-state index contributed by atoms with van der Waals surface area (Å²) in [7, 11) is 3.06. The lowest BCUT2D eigenvalue weighted by molar-refractivity contribution is -0.133. The van der Waals surface area contributed by atoms with Crippen molar-refractivity contribution in [3.63, 3.8) is 0 Å². The van der Waals surface area contributed by atoms with Crippen molar-refractivity contribution in [3.05, 3.63) is 53.1 Å². The van der Waals surface area contributed by atoms with Crippen LogP contribution in [0.3, 0.4) is 0 Å². The third kappa shape index (κ3) is 5.13. The number of ether oxygens (including phenoxy) is 2. The molecule has 26 heavy (non-hydrogen) atoms. The van der Waals surface area contributed by atoms with Crippen LogP contribution in [-0.4, -0.2) is 37.5 Å². The second-order valence-corrected chi connectivity index (χ2v) is 5.99. The number of methoxy groups -OCH3 is 2. The average molecular weight is 377 g/mol. The fourth-order valence-corrected chi connectivity index (χ4v) is 2.59. The Labute approximate surface area is 157 Å². The molecule has 0 radical (unpaired) electrons. The molecule has 138 valence electrons. The average Bonchev–Trinajstić information content (AvgIpc) is 2.62. The molecule has 2 aromatic rings. The Balaban J connectivity index is 2.06. The van der Waals surface area contributed by atoms with Crippen LogP contribution in [0.2, 0.25) is 5.02 Å². The fraction of sp³-hybridized carbons (Fsp3) is 0.263. The molecular formula is C19H21ClN2O4. The lowest BCUT2D eigenvalue weighted by atomic mass is 10.2. The number of amides is 2. The predicted octanol–water partition coefficient (Wildman–Crippen LogP) is 3.34. The van der Waals surface area contributed by atoms with E-state index in [9.17, 15) is 9.59 Å². The summed E-state index contributed by atoms with van der Waals surface area (Å²) in [4.78, 5) is 25.7. The van der Waals surface area contributed by atoms with Crippen molar-refractivity contribution in [3.8, 4) is 11.5 Å². The number of nitrogens with zero attached hydrogens (tertiary/aromatic N) is 1. The number of hydrogen-bond acceptors (Lipinski definition) is 4. The second kappa shape index (κ2) is 9.10. The van der Waals surface area contributed by atoms with Gasteiger partial charge in [-0.05, 0) is 23.8 Å². The lowest BCUT2D eigenvalue weighted by Crippen LogP contribution is -2.36. The highest BCUT2D eigenvalue weighted by Crippen LogP contribution is 2.29. The van der Waals surface area contributed by atoms with Crippen LogP contribution in [0.15, 0.2) is 42.5 Å². The standard InChI is InChI=1S/C19H21ClN2O4/c1-13(23)22(11-14-6-4-5-7-16(14)20)12-19(24)21-15-8-9-17(25-2)18(10-15)26-3/h4-10H,11-12H2,1-3H3,(H,21,24). The zero-order valence-electron chi connectivity index (χ0n) is 14.9. The molecule has 0 saturated carbocycles. The van der Waals surface area contributed by atoms with Crippen LogP contribution in [0, 0.1) is 0 Å². The van der Waals surface area contributed by atoms with Crippen molar-refractivity contribution in [2.45, 2.75) is 13.5 Å². The van der Waals surface area contributed by atoms with Gasteiger partial charge >= 0.3 is 0 Å². The monoisotopic (exact) mass is 376 g/mol. The van der Waals surface area contributed by atoms with E-state index in [1.807, 2.05) is 18.2 Å². The third-order valence-corrected chi connectivity index (χ3v) is 4.13. The molecule has 7 heteroatoms. The smallest absolute Gasteiger partial charge is 0.244 e. The summed E-state index contributed by atoms with van der Waals surface area (Å²) >= 11 is 6.14. The predicted molar refractivity (Wildman–Crippen MR) is 101 cm³/mol. The number of benzene rings is 2. The van der Waals surface area contributed by atoms with Crippen molar-refractivity contribution < 1.29 is 19.1 Å². The van der Waals surface area contributed by atoms with E-state index in [2.05, 4.69) is 5.32 Å². The number of anilines is 1. The van der Waals surface area contributed by atoms with Crippen molar-refractivity contribution in [1.82, 2.24) is 4.90 Å². The van der Waals surface area contributed by atoms with Gasteiger partial charge in [-0.1, -0.05) is 29.8 Å². The summed E-state index contributed by atoms with van der Waals surface area (Å²) in [5, 5.41) is 3.31. The molecule has 0 fully saturated rings. The number of hydrogen-bond donors (Lipinski definition) is 1. The highest BCUT2D eigenvalue weighted by molar-refractivity contribution is 6.31. The molecule has 0 saturated heterocycles. The van der Waals surface area contributed by atoms with E-state index in [0.717, 1.165) is 5.56 Å². The van der Waals surface area contributed by atoms with Gasteiger partial charge < -0.3 is 19.7 Å². The molecular weight excluding hydrogens is 356 g/mol. The number of halogens is 1. The van der Waals surface area contributed by atoms with Crippen molar-refractivity contribution in [2.75, 3.05) is 26.1 Å². The molecule has 0 atom stereocenters. The van der Waals surface area contributed by atoms with Gasteiger partial charge in [-0.25, -0.2) is 0 Å². The minimum Gasteiger partial charge on any atom is -0.493 e. The Morgan fingerprint density at radius 2 is 1.77 bits per heavy atom. The quantitative estimate of drug-likeness (QED) is 0.804. The van der Waals surface area contributed by atoms with E-state index < -0.39 is 0 Å². The maximum Gasteiger partial charge on any atom is 0.244 e. The highest BCUT2D eigenvalue weighted by atomic mass is 35.5. The van der Waals surface area contributed by atoms with E-state index in [1.54, 1.807) is 24.3 Å². The molecule has 6 nitrogen and oxygen atoms in total. The van der Waals surface area contributed by atoms with Gasteiger partial charge in [0.2, 0.25) is 11.8 Å². The summed E-state index contributed by atoms with van der Waals surface area (Å²) in [5.74, 6) is 0.534. The minimum absolute atomic E-state index is 0.0884. The lowest BCUT2D eigenvalue weighted by Gasteiger charge is -2.21. The molecule has 1 N–H and O–H groups in total. The summed E-state index contributed by atoms with van der Waals surface area (Å²) in [6.07, 6.45) is 0. The Kier molecular flexibility index (Phi) is 6.86. The van der Waals surface area contributed by atoms with Crippen molar-refractivity contribution in [1.29, 1.82) is 0 Å². The summed E-state index contributed by atoms with van der Waals surface area (Å²) in [6, 6.07) is 12.3. The normalized spacial score (nSPS) is 10.2. The molecule has 0 spiro atoms. The van der Waals surface area contributed by atoms with Crippen LogP contribution in [0.5, 0.6) is 11.5 Å². The molecule has 2 rings (SSSR count). The van der Waals surface area contributed by atoms with Crippen LogP contribution in [0.1, 0.15) is 12.5 Å². The number of nitrogens with one attached hydrogen (secondary N) is 1. The fourth-order valence-electron chi connectivity index (χ4n) is 2.40. The van der Waals surface area contributed by atoms with Gasteiger partial charge in [-0.15, -0.1) is 0 Å². The number of carbonyl (C=O) groups excluding carboxylic acids is 2. The molecule has 0 aliphatic rings. The van der Waals surface area contributed by atoms with Gasteiger partial charge in [0.05, 0.1) is 14.2 Å². The number of rotatable bonds is 7. The van der Waals surface area contributed by atoms with Crippen LogP contribution in [0.4, 0.5) is 5.69 Å². The zero-order chi connectivity index (χ0) is 19.1. The minimum atomic E-state index is -0.320. The first-order valence-electron chi connectivity index (χ1n) is 7.95. The maximum absolute atomic E-state index is 12.3. The van der Waals surface area contributed by atoms with Crippen LogP contribution in [0.25, 0.3) is 0 Å². The van der Waals surface area contributed by atoms with E-state index in [1.165, 1.54) is 26.0 Å². The Hall–Kier alpha value is -2.73. The van der Waals surface area contributed by atoms with E-state index in [0.29, 0.717) is 22.2 Å². The van der Waals surface area contributed by atoms with Gasteiger partial charge in [0.25, 0.3) is 0 Å². The molecule has 0 heterocycles. The molecule has 0 aliphatic heterocycles. The van der Waals surface area contributed by atoms with Gasteiger partial charge in [0.15, 0.2) is 11.5 Å². The number of carbonyl (C=O) groups is 2. The highest BCUT2D eigenvalue weighted by Gasteiger charge is 2.16. The van der Waals surface area contributed by atoms with Crippen molar-refractivity contribution in [2.24, 2.45) is 0 Å². The maximum atomic E-state index is 12.3. The summed E-state index contributed by atoms with van der Waals surface area (Å²) < 4.78 is 10.4. The van der Waals surface area contributed by atoms with Crippen molar-refractivity contribution >= 4 is 29.1 Å². The Morgan fingerprint density at radius 3 is 2.38 bits per heavy atom. The van der Waals surface area contributed by atoms with E-state index in [4.69, 9.17) is 21.1 Å². The van der Waals surface area contributed by atoms with E-state index in [-0.39, 0.29) is 24.9 Å². The molecule has 2 amide bonds. The SMILES string of the molecule is COc1ccc(NC(=O)CN(Cc2ccccc2Cl)C(C)=O)cc1OC. The Morgan fingerprint density at radius 1 is 1.08 bits per heavy atom. The van der Waals surface area contributed by atoms with E-state index >= 15 is 0 Å². The summed E-state index contributed by atoms with van der Waals surface area (Å²) in [6.45, 7) is 1.59. The third-order valence-electron chi connectivity index (χ3n) is 3.77. The molecule has 0 unspecified atom stereocenters. The molecule has 0 aromatic heterocycles. The van der Waals surface area contributed by atoms with Gasteiger partial charge in [-0.2, -0.15) is 0 Å². The first-order valence-corrected chi connectivity index (χ1v) is 8.33. The summed E-state index contributed by atoms with van der Waals surface area (Å²) in [5.41, 5.74) is 1.33. The molecule has 0 aliphatic carbocycles. The van der Waals surface area contributed by atoms with Gasteiger partial charge in [0.1, 0.15) is 6.54 Å². The topological polar surface area (TPSA) is 67.9 Å². The van der Waals surface area contributed by atoms with Crippen LogP contribution >= 0.6 is 11.6 Å². The van der Waals surface area contributed by atoms with Crippen LogP contribution < -0.4 is 14.8 Å². The molecule has 0 bridgehead atoms. The van der Waals surface area contributed by atoms with Gasteiger partial charge in [0, 0.05) is 30.2 Å².